The molecule has 25 heavy (non-hydrogen) atoms. The third-order valence-electron chi connectivity index (χ3n) is 4.36. The van der Waals surface area contributed by atoms with Crippen LogP contribution in [0.25, 0.3) is 0 Å². The van der Waals surface area contributed by atoms with Crippen molar-refractivity contribution in [2.75, 3.05) is 13.1 Å². The van der Waals surface area contributed by atoms with Crippen LogP contribution in [-0.2, 0) is 16.6 Å². The maximum absolute atomic E-state index is 13.7. The number of hydrogen-bond donors (Lipinski definition) is 1. The second kappa shape index (κ2) is 7.83. The quantitative estimate of drug-likeness (QED) is 0.862. The van der Waals surface area contributed by atoms with Crippen LogP contribution in [0, 0.1) is 5.82 Å². The van der Waals surface area contributed by atoms with E-state index < -0.39 is 15.8 Å². The Kier molecular flexibility index (Phi) is 5.74. The van der Waals surface area contributed by atoms with Crippen LogP contribution in [0.1, 0.15) is 18.4 Å². The molecule has 1 fully saturated rings. The molecule has 0 amide bonds. The van der Waals surface area contributed by atoms with E-state index in [4.69, 9.17) is 11.6 Å². The van der Waals surface area contributed by atoms with E-state index in [1.807, 2.05) is 24.3 Å². The van der Waals surface area contributed by atoms with Crippen molar-refractivity contribution in [3.63, 3.8) is 0 Å². The van der Waals surface area contributed by atoms with E-state index in [0.29, 0.717) is 17.9 Å². The second-order valence-corrected chi connectivity index (χ2v) is 8.35. The molecule has 0 radical (unpaired) electrons. The van der Waals surface area contributed by atoms with Crippen molar-refractivity contribution in [2.24, 2.45) is 0 Å². The number of likely N-dealkylation sites (tertiary alicyclic amines) is 1. The van der Waals surface area contributed by atoms with Crippen molar-refractivity contribution >= 4 is 21.6 Å². The van der Waals surface area contributed by atoms with E-state index in [0.717, 1.165) is 25.7 Å². The van der Waals surface area contributed by atoms with Crippen LogP contribution in [0.3, 0.4) is 0 Å². The topological polar surface area (TPSA) is 49.4 Å². The van der Waals surface area contributed by atoms with Crippen molar-refractivity contribution in [3.8, 4) is 0 Å². The van der Waals surface area contributed by atoms with Gasteiger partial charge in [0.05, 0.1) is 0 Å². The minimum absolute atomic E-state index is 0.175. The summed E-state index contributed by atoms with van der Waals surface area (Å²) in [4.78, 5) is 1.98. The van der Waals surface area contributed by atoms with E-state index in [1.54, 1.807) is 0 Å². The third kappa shape index (κ3) is 4.79. The highest BCUT2D eigenvalue weighted by molar-refractivity contribution is 7.89. The number of halogens is 2. The molecule has 134 valence electrons. The maximum Gasteiger partial charge on any atom is 0.243 e. The average Bonchev–Trinajstić information content (AvgIpc) is 2.59. The molecule has 1 heterocycles. The minimum atomic E-state index is -3.83. The SMILES string of the molecule is O=S(=O)(NC1CCN(Cc2ccc(Cl)cc2)CC1)c1ccccc1F. The molecule has 0 unspecified atom stereocenters. The summed E-state index contributed by atoms with van der Waals surface area (Å²) in [5, 5.41) is 0.713. The first-order valence-corrected chi connectivity index (χ1v) is 10.0. The summed E-state index contributed by atoms with van der Waals surface area (Å²) in [7, 11) is -3.83. The fourth-order valence-electron chi connectivity index (χ4n) is 3.00. The van der Waals surface area contributed by atoms with Crippen LogP contribution in [0.4, 0.5) is 4.39 Å². The lowest BCUT2D eigenvalue weighted by atomic mass is 10.1. The molecular weight excluding hydrogens is 363 g/mol. The highest BCUT2D eigenvalue weighted by Crippen LogP contribution is 2.19. The Bertz CT molecular complexity index is 819. The molecule has 3 rings (SSSR count). The number of hydrogen-bond acceptors (Lipinski definition) is 3. The Balaban J connectivity index is 1.55. The molecule has 0 aliphatic carbocycles. The molecule has 1 aliphatic heterocycles. The van der Waals surface area contributed by atoms with Gasteiger partial charge in [-0.2, -0.15) is 0 Å². The monoisotopic (exact) mass is 382 g/mol. The summed E-state index contributed by atoms with van der Waals surface area (Å²) < 4.78 is 41.1. The molecule has 4 nitrogen and oxygen atoms in total. The summed E-state index contributed by atoms with van der Waals surface area (Å²) in [5.74, 6) is -0.727. The number of nitrogens with one attached hydrogen (secondary N) is 1. The lowest BCUT2D eigenvalue weighted by Gasteiger charge is -2.32. The first-order chi connectivity index (χ1) is 11.9. The van der Waals surface area contributed by atoms with Crippen LogP contribution in [0.2, 0.25) is 5.02 Å². The zero-order valence-corrected chi connectivity index (χ0v) is 15.2. The smallest absolute Gasteiger partial charge is 0.243 e. The fourth-order valence-corrected chi connectivity index (χ4v) is 4.51. The molecule has 0 saturated carbocycles. The van der Waals surface area contributed by atoms with Crippen molar-refractivity contribution < 1.29 is 12.8 Å². The van der Waals surface area contributed by atoms with Crippen LogP contribution < -0.4 is 4.72 Å². The van der Waals surface area contributed by atoms with Crippen LogP contribution in [0.15, 0.2) is 53.4 Å². The van der Waals surface area contributed by atoms with E-state index in [2.05, 4.69) is 9.62 Å². The molecule has 0 spiro atoms. The van der Waals surface area contributed by atoms with Gasteiger partial charge in [0.2, 0.25) is 10.0 Å². The van der Waals surface area contributed by atoms with E-state index >= 15 is 0 Å². The predicted molar refractivity (Wildman–Crippen MR) is 96.5 cm³/mol. The van der Waals surface area contributed by atoms with Crippen LogP contribution >= 0.6 is 11.6 Å². The molecule has 0 bridgehead atoms. The first kappa shape index (κ1) is 18.3. The van der Waals surface area contributed by atoms with Gasteiger partial charge in [-0.25, -0.2) is 17.5 Å². The van der Waals surface area contributed by atoms with Gasteiger partial charge in [-0.15, -0.1) is 0 Å². The molecule has 1 N–H and O–H groups in total. The highest BCUT2D eigenvalue weighted by Gasteiger charge is 2.26. The summed E-state index contributed by atoms with van der Waals surface area (Å²) in [6.45, 7) is 2.38. The summed E-state index contributed by atoms with van der Waals surface area (Å²) in [6.07, 6.45) is 1.39. The molecule has 2 aromatic rings. The fraction of sp³-hybridized carbons (Fsp3) is 0.333. The van der Waals surface area contributed by atoms with Gasteiger partial charge in [-0.05, 0) is 42.7 Å². The second-order valence-electron chi connectivity index (χ2n) is 6.23. The van der Waals surface area contributed by atoms with Crippen molar-refractivity contribution in [3.05, 3.63) is 64.9 Å². The Morgan fingerprint density at radius 1 is 1.08 bits per heavy atom. The first-order valence-electron chi connectivity index (χ1n) is 8.18. The lowest BCUT2D eigenvalue weighted by molar-refractivity contribution is 0.200. The van der Waals surface area contributed by atoms with Crippen LogP contribution in [-0.4, -0.2) is 32.4 Å². The molecule has 1 saturated heterocycles. The van der Waals surface area contributed by atoms with Gasteiger partial charge in [0.25, 0.3) is 0 Å². The minimum Gasteiger partial charge on any atom is -0.299 e. The van der Waals surface area contributed by atoms with Crippen molar-refractivity contribution in [2.45, 2.75) is 30.3 Å². The van der Waals surface area contributed by atoms with Gasteiger partial charge in [-0.3, -0.25) is 4.90 Å². The van der Waals surface area contributed by atoms with Gasteiger partial charge in [0, 0.05) is 30.7 Å². The average molecular weight is 383 g/mol. The van der Waals surface area contributed by atoms with E-state index in [-0.39, 0.29) is 10.9 Å². The number of nitrogens with zero attached hydrogens (tertiary/aromatic N) is 1. The highest BCUT2D eigenvalue weighted by atomic mass is 35.5. The summed E-state index contributed by atoms with van der Waals surface area (Å²) >= 11 is 5.89. The Labute approximate surface area is 152 Å². The molecule has 2 aromatic carbocycles. The van der Waals surface area contributed by atoms with Gasteiger partial charge in [0.1, 0.15) is 10.7 Å². The van der Waals surface area contributed by atoms with Gasteiger partial charge in [0.15, 0.2) is 0 Å². The molecular formula is C18H20ClFN2O2S. The molecule has 7 heteroatoms. The molecule has 1 aliphatic rings. The summed E-state index contributed by atoms with van der Waals surface area (Å²) in [5.41, 5.74) is 1.18. The normalized spacial score (nSPS) is 16.9. The third-order valence-corrected chi connectivity index (χ3v) is 6.16. The number of rotatable bonds is 5. The number of benzene rings is 2. The van der Waals surface area contributed by atoms with Crippen molar-refractivity contribution in [1.29, 1.82) is 0 Å². The van der Waals surface area contributed by atoms with Gasteiger partial charge >= 0.3 is 0 Å². The lowest BCUT2D eigenvalue weighted by Crippen LogP contribution is -2.44. The standard InChI is InChI=1S/C18H20ClFN2O2S/c19-15-7-5-14(6-8-15)13-22-11-9-16(10-12-22)21-25(23,24)18-4-2-1-3-17(18)20/h1-8,16,21H,9-13H2. The number of sulfonamides is 1. The Morgan fingerprint density at radius 2 is 1.72 bits per heavy atom. The zero-order chi connectivity index (χ0) is 17.9. The maximum atomic E-state index is 13.7. The number of piperidine rings is 1. The van der Waals surface area contributed by atoms with E-state index in [1.165, 1.54) is 23.8 Å². The van der Waals surface area contributed by atoms with Gasteiger partial charge in [-0.1, -0.05) is 35.9 Å². The Morgan fingerprint density at radius 3 is 2.36 bits per heavy atom. The predicted octanol–water partition coefficient (Wildman–Crippen LogP) is 3.42. The molecule has 0 atom stereocenters. The van der Waals surface area contributed by atoms with Crippen molar-refractivity contribution in [1.82, 2.24) is 9.62 Å². The van der Waals surface area contributed by atoms with Gasteiger partial charge < -0.3 is 0 Å². The molecule has 0 aromatic heterocycles. The Hall–Kier alpha value is -1.47. The van der Waals surface area contributed by atoms with Crippen LogP contribution in [0.5, 0.6) is 0 Å². The van der Waals surface area contributed by atoms with E-state index in [9.17, 15) is 12.8 Å². The largest absolute Gasteiger partial charge is 0.299 e. The summed E-state index contributed by atoms with van der Waals surface area (Å²) in [6, 6.07) is 13.0. The zero-order valence-electron chi connectivity index (χ0n) is 13.7.